The van der Waals surface area contributed by atoms with Crippen molar-refractivity contribution in [3.8, 4) is 22.9 Å². The van der Waals surface area contributed by atoms with Crippen LogP contribution in [0.1, 0.15) is 11.1 Å². The minimum Gasteiger partial charge on any atom is -0.411 e. The van der Waals surface area contributed by atoms with E-state index in [1.165, 1.54) is 42.1 Å². The Kier molecular flexibility index (Phi) is 9.96. The Labute approximate surface area is 320 Å². The van der Waals surface area contributed by atoms with Crippen LogP contribution < -0.4 is 0 Å². The molecular formula is C32H20Br2N10O7S2. The molecule has 1 atom stereocenters. The van der Waals surface area contributed by atoms with Crippen LogP contribution in [-0.2, 0) is 10.8 Å². The summed E-state index contributed by atoms with van der Waals surface area (Å²) in [7, 11) is -1.85. The van der Waals surface area contributed by atoms with Gasteiger partial charge in [0.25, 0.3) is 28.4 Å². The van der Waals surface area contributed by atoms with Crippen molar-refractivity contribution in [3.05, 3.63) is 126 Å². The molecule has 0 bridgehead atoms. The number of aryl methyl sites for hydroxylation is 2. The molecule has 0 amide bonds. The Morgan fingerprint density at radius 1 is 0.717 bits per heavy atom. The molecule has 0 radical (unpaired) electrons. The Morgan fingerprint density at radius 2 is 1.26 bits per heavy atom. The van der Waals surface area contributed by atoms with Crippen molar-refractivity contribution in [2.45, 2.75) is 34.1 Å². The van der Waals surface area contributed by atoms with Crippen molar-refractivity contribution in [2.24, 2.45) is 0 Å². The van der Waals surface area contributed by atoms with Crippen molar-refractivity contribution >= 4 is 76.8 Å². The van der Waals surface area contributed by atoms with E-state index in [2.05, 4.69) is 62.5 Å². The van der Waals surface area contributed by atoms with Crippen LogP contribution in [-0.4, -0.2) is 53.7 Å². The quantitative estimate of drug-likeness (QED) is 0.104. The minimum absolute atomic E-state index is 0.0188. The predicted octanol–water partition coefficient (Wildman–Crippen LogP) is 8.04. The topological polar surface area (TPSA) is 216 Å². The lowest BCUT2D eigenvalue weighted by Crippen LogP contribution is -1.98. The van der Waals surface area contributed by atoms with E-state index in [9.17, 15) is 24.4 Å². The highest BCUT2D eigenvalue weighted by atomic mass is 79.9. The fourth-order valence-electron chi connectivity index (χ4n) is 4.90. The van der Waals surface area contributed by atoms with Crippen LogP contribution in [0.25, 0.3) is 33.9 Å². The van der Waals surface area contributed by atoms with Gasteiger partial charge in [0.05, 0.1) is 49.3 Å². The molecule has 0 saturated carbocycles. The van der Waals surface area contributed by atoms with E-state index in [4.69, 9.17) is 8.83 Å². The highest BCUT2D eigenvalue weighted by Gasteiger charge is 2.22. The molecule has 0 aliphatic rings. The van der Waals surface area contributed by atoms with Gasteiger partial charge in [-0.1, -0.05) is 49.1 Å². The standard InChI is InChI=1S/C16H10BrN5O4S.C16H10BrN5O3S/c1-9-2-3-11(22(23)24)7-14(9)27(25)16-20-19-15(26-16)12-8-18-21-5-4-10(17)6-13(12)21;1-9-2-3-11(22(23)24)7-14(9)26-16-20-19-15(25-16)12-8-18-21-5-4-10(17)6-13(12)21/h2-8H,1H3;2-8H,1H3. The molecule has 21 heteroatoms. The van der Waals surface area contributed by atoms with Gasteiger partial charge < -0.3 is 8.83 Å². The van der Waals surface area contributed by atoms with Crippen LogP contribution in [0.4, 0.5) is 11.4 Å². The number of pyridine rings is 2. The van der Waals surface area contributed by atoms with Gasteiger partial charge in [-0.25, -0.2) is 13.2 Å². The molecule has 6 heterocycles. The fourth-order valence-corrected chi connectivity index (χ4v) is 7.41. The van der Waals surface area contributed by atoms with E-state index in [0.29, 0.717) is 32.7 Å². The molecule has 1 unspecified atom stereocenters. The fraction of sp³-hybridized carbons (Fsp3) is 0.0625. The number of benzene rings is 2. The average Bonchev–Trinajstić information content (AvgIpc) is 3.95. The third-order valence-electron chi connectivity index (χ3n) is 7.56. The van der Waals surface area contributed by atoms with Crippen LogP contribution >= 0.6 is 43.6 Å². The van der Waals surface area contributed by atoms with E-state index in [1.807, 2.05) is 37.4 Å². The third kappa shape index (κ3) is 7.49. The van der Waals surface area contributed by atoms with Crippen LogP contribution in [0.3, 0.4) is 0 Å². The summed E-state index contributed by atoms with van der Waals surface area (Å²) in [4.78, 5) is 21.9. The molecule has 17 nitrogen and oxygen atoms in total. The summed E-state index contributed by atoms with van der Waals surface area (Å²) in [5.74, 6) is 0.498. The molecule has 2 aromatic carbocycles. The highest BCUT2D eigenvalue weighted by molar-refractivity contribution is 9.10. The number of non-ortho nitro benzene ring substituents is 2. The van der Waals surface area contributed by atoms with E-state index in [1.54, 1.807) is 40.6 Å². The zero-order chi connectivity index (χ0) is 37.4. The molecule has 0 aliphatic carbocycles. The smallest absolute Gasteiger partial charge is 0.312 e. The zero-order valence-corrected chi connectivity index (χ0v) is 31.8. The van der Waals surface area contributed by atoms with Crippen molar-refractivity contribution < 1.29 is 22.9 Å². The molecule has 53 heavy (non-hydrogen) atoms. The van der Waals surface area contributed by atoms with Gasteiger partial charge in [0.15, 0.2) is 0 Å². The van der Waals surface area contributed by atoms with Gasteiger partial charge in [-0.15, -0.1) is 15.3 Å². The number of halogens is 2. The second kappa shape index (κ2) is 14.8. The largest absolute Gasteiger partial charge is 0.411 e. The molecule has 0 aliphatic heterocycles. The number of fused-ring (bicyclic) bond motifs is 2. The Balaban J connectivity index is 0.000000164. The number of rotatable bonds is 8. The third-order valence-corrected chi connectivity index (χ3v) is 10.9. The summed E-state index contributed by atoms with van der Waals surface area (Å²) < 4.78 is 29.2. The van der Waals surface area contributed by atoms with Gasteiger partial charge in [0.1, 0.15) is 10.8 Å². The first-order valence-corrected chi connectivity index (χ1v) is 18.5. The Morgan fingerprint density at radius 3 is 1.87 bits per heavy atom. The lowest BCUT2D eigenvalue weighted by atomic mass is 10.2. The molecule has 6 aromatic heterocycles. The molecule has 0 fully saturated rings. The molecule has 0 saturated heterocycles. The van der Waals surface area contributed by atoms with E-state index < -0.39 is 20.6 Å². The minimum atomic E-state index is -1.85. The van der Waals surface area contributed by atoms with Crippen molar-refractivity contribution in [1.82, 2.24) is 39.6 Å². The lowest BCUT2D eigenvalue weighted by Gasteiger charge is -2.02. The average molecular weight is 881 g/mol. The second-order valence-electron chi connectivity index (χ2n) is 11.0. The molecule has 0 N–H and O–H groups in total. The first-order valence-electron chi connectivity index (χ1n) is 15.0. The van der Waals surface area contributed by atoms with Gasteiger partial charge in [-0.2, -0.15) is 10.2 Å². The number of nitro benzene ring substituents is 2. The van der Waals surface area contributed by atoms with Crippen molar-refractivity contribution in [1.29, 1.82) is 0 Å². The zero-order valence-electron chi connectivity index (χ0n) is 27.0. The van der Waals surface area contributed by atoms with Crippen LogP contribution in [0, 0.1) is 34.1 Å². The number of nitrogens with zero attached hydrogens (tertiary/aromatic N) is 10. The first kappa shape index (κ1) is 35.7. The Hall–Kier alpha value is -5.64. The molecule has 8 aromatic rings. The number of nitro groups is 2. The molecule has 8 rings (SSSR count). The maximum Gasteiger partial charge on any atom is 0.312 e. The number of hydrogen-bond donors (Lipinski definition) is 0. The maximum absolute atomic E-state index is 12.8. The summed E-state index contributed by atoms with van der Waals surface area (Å²) in [6, 6.07) is 16.3. The highest BCUT2D eigenvalue weighted by Crippen LogP contribution is 2.35. The van der Waals surface area contributed by atoms with Crippen molar-refractivity contribution in [3.63, 3.8) is 0 Å². The molecule has 266 valence electrons. The molecule has 0 spiro atoms. The Bertz CT molecular complexity index is 2730. The monoisotopic (exact) mass is 878 g/mol. The maximum atomic E-state index is 12.8. The van der Waals surface area contributed by atoms with Crippen LogP contribution in [0.2, 0.25) is 0 Å². The van der Waals surface area contributed by atoms with Crippen LogP contribution in [0.15, 0.2) is 123 Å². The summed E-state index contributed by atoms with van der Waals surface area (Å²) in [5, 5.41) is 46.5. The summed E-state index contributed by atoms with van der Waals surface area (Å²) in [5.41, 5.74) is 4.23. The van der Waals surface area contributed by atoms with E-state index >= 15 is 0 Å². The van der Waals surface area contributed by atoms with Crippen LogP contribution in [0.5, 0.6) is 0 Å². The van der Waals surface area contributed by atoms with Gasteiger partial charge in [0, 0.05) is 50.5 Å². The van der Waals surface area contributed by atoms with Gasteiger partial charge in [0.2, 0.25) is 0 Å². The predicted molar refractivity (Wildman–Crippen MR) is 197 cm³/mol. The lowest BCUT2D eigenvalue weighted by molar-refractivity contribution is -0.385. The number of aromatic nitrogens is 8. The van der Waals surface area contributed by atoms with E-state index in [-0.39, 0.29) is 27.4 Å². The van der Waals surface area contributed by atoms with Gasteiger partial charge in [-0.3, -0.25) is 20.2 Å². The van der Waals surface area contributed by atoms with Gasteiger partial charge in [-0.05, 0) is 61.0 Å². The normalized spacial score (nSPS) is 11.8. The van der Waals surface area contributed by atoms with Crippen molar-refractivity contribution in [2.75, 3.05) is 0 Å². The number of hydrogen-bond acceptors (Lipinski definition) is 14. The second-order valence-corrected chi connectivity index (χ2v) is 15.1. The SMILES string of the molecule is Cc1ccc([N+](=O)[O-])cc1S(=O)c1nnc(-c2cnn3ccc(Br)cc23)o1.Cc1ccc([N+](=O)[O-])cc1Sc1nnc(-c2cnn3ccc(Br)cc23)o1. The van der Waals surface area contributed by atoms with E-state index in [0.717, 1.165) is 25.5 Å². The summed E-state index contributed by atoms with van der Waals surface area (Å²) in [6.07, 6.45) is 6.81. The molecular weight excluding hydrogens is 860 g/mol. The first-order chi connectivity index (χ1) is 25.4. The summed E-state index contributed by atoms with van der Waals surface area (Å²) in [6.45, 7) is 3.57. The van der Waals surface area contributed by atoms with Gasteiger partial charge >= 0.3 is 5.22 Å². The summed E-state index contributed by atoms with van der Waals surface area (Å²) >= 11 is 8.02.